The van der Waals surface area contributed by atoms with Gasteiger partial charge in [-0.25, -0.2) is 0 Å². The van der Waals surface area contributed by atoms with E-state index in [1.807, 2.05) is 0 Å². The number of benzene rings is 2. The van der Waals surface area contributed by atoms with Gasteiger partial charge in [0.05, 0.1) is 39.6 Å². The number of carbonyl (C=O) groups is 5. The number of rotatable bonds is 3. The average molecular weight is 587 g/mol. The zero-order valence-corrected chi connectivity index (χ0v) is 22.7. The van der Waals surface area contributed by atoms with Gasteiger partial charge in [0.1, 0.15) is 5.75 Å². The second kappa shape index (κ2) is 9.60. The summed E-state index contributed by atoms with van der Waals surface area (Å²) in [5, 5.41) is 34.7. The highest BCUT2D eigenvalue weighted by Gasteiger charge is 2.72. The average Bonchev–Trinajstić information content (AvgIpc) is 2.87. The number of Topliss-reactive ketones (excluding diaryl/α,β-unsaturated/α-hetero) is 4. The van der Waals surface area contributed by atoms with E-state index < -0.39 is 76.2 Å². The molecule has 1 amide bonds. The molecule has 2 aromatic rings. The van der Waals surface area contributed by atoms with Crippen LogP contribution < -0.4 is 5.73 Å². The number of ketones is 4. The first-order chi connectivity index (χ1) is 18.7. The summed E-state index contributed by atoms with van der Waals surface area (Å²) in [6, 6.07) is 7.41. The normalized spacial score (nSPS) is 32.6. The first-order valence-electron chi connectivity index (χ1n) is 12.2. The molecule has 10 nitrogen and oxygen atoms in total. The number of primary amides is 1. The van der Waals surface area contributed by atoms with Crippen LogP contribution in [0.5, 0.6) is 5.75 Å². The lowest BCUT2D eigenvalue weighted by Gasteiger charge is -2.55. The van der Waals surface area contributed by atoms with Crippen LogP contribution in [0.25, 0.3) is 11.6 Å². The van der Waals surface area contributed by atoms with E-state index in [0.717, 1.165) is 0 Å². The maximum absolute atomic E-state index is 14.1. The van der Waals surface area contributed by atoms with Crippen molar-refractivity contribution in [3.63, 3.8) is 0 Å². The monoisotopic (exact) mass is 586 g/mol. The summed E-state index contributed by atoms with van der Waals surface area (Å²) in [5.41, 5.74) is 2.91. The number of likely N-dealkylation sites (N-methyl/N-ethyl adjacent to an activating group) is 1. The Morgan fingerprint density at radius 2 is 1.73 bits per heavy atom. The molecule has 5 N–H and O–H groups in total. The Hall–Kier alpha value is -3.41. The van der Waals surface area contributed by atoms with Gasteiger partial charge in [0.15, 0.2) is 34.7 Å². The van der Waals surface area contributed by atoms with Crippen molar-refractivity contribution in [1.29, 1.82) is 0 Å². The number of aliphatic hydroxyl groups is 2. The number of carbonyl (C=O) groups excluding carboxylic acids is 5. The second-order valence-corrected chi connectivity index (χ2v) is 11.3. The van der Waals surface area contributed by atoms with E-state index in [-0.39, 0.29) is 26.7 Å². The second-order valence-electron chi connectivity index (χ2n) is 10.5. The Kier molecular flexibility index (Phi) is 6.75. The fourth-order valence-corrected chi connectivity index (χ4v) is 6.76. The Bertz CT molecular complexity index is 1550. The molecule has 2 unspecified atom stereocenters. The van der Waals surface area contributed by atoms with Gasteiger partial charge in [-0.3, -0.25) is 28.9 Å². The lowest BCUT2D eigenvalue weighted by molar-refractivity contribution is -0.192. The molecule has 0 heterocycles. The highest BCUT2D eigenvalue weighted by molar-refractivity contribution is 6.42. The van der Waals surface area contributed by atoms with E-state index in [9.17, 15) is 39.3 Å². The third-order valence-electron chi connectivity index (χ3n) is 8.14. The predicted molar refractivity (Wildman–Crippen MR) is 143 cm³/mol. The molecular weight excluding hydrogens is 563 g/mol. The van der Waals surface area contributed by atoms with Crippen LogP contribution in [0.4, 0.5) is 0 Å². The van der Waals surface area contributed by atoms with Gasteiger partial charge in [-0.05, 0) is 49.0 Å². The van der Waals surface area contributed by atoms with Crippen LogP contribution in [0, 0.1) is 23.7 Å². The molecule has 0 aromatic heterocycles. The molecule has 0 radical (unpaired) electrons. The number of phenolic OH excluding ortho intramolecular Hbond substituents is 1. The lowest BCUT2D eigenvalue weighted by atomic mass is 9.50. The fraction of sp³-hybridized carbons (Fsp3) is 0.321. The quantitative estimate of drug-likeness (QED) is 0.384. The zero-order chi connectivity index (χ0) is 29.4. The van der Waals surface area contributed by atoms with Gasteiger partial charge < -0.3 is 21.1 Å². The molecule has 2 aromatic carbocycles. The molecule has 0 aliphatic heterocycles. The highest BCUT2D eigenvalue weighted by atomic mass is 35.5. The van der Waals surface area contributed by atoms with Crippen LogP contribution in [-0.2, 0) is 19.2 Å². The van der Waals surface area contributed by atoms with Crippen LogP contribution in [0.2, 0.25) is 10.0 Å². The lowest BCUT2D eigenvalue weighted by Crippen LogP contribution is -2.77. The van der Waals surface area contributed by atoms with Gasteiger partial charge in [0.25, 0.3) is 0 Å². The number of aromatic hydroxyl groups is 1. The Morgan fingerprint density at radius 3 is 2.33 bits per heavy atom. The van der Waals surface area contributed by atoms with E-state index >= 15 is 0 Å². The summed E-state index contributed by atoms with van der Waals surface area (Å²) >= 11 is 12.2. The smallest absolute Gasteiger partial charge is 0.235 e. The molecular formula is C28H24Cl2N2O8. The van der Waals surface area contributed by atoms with Gasteiger partial charge >= 0.3 is 0 Å². The molecule has 208 valence electrons. The largest absolute Gasteiger partial charge is 0.507 e. The highest BCUT2D eigenvalue weighted by Crippen LogP contribution is 2.54. The number of fused-ring (bicyclic) bond motifs is 3. The molecule has 5 rings (SSSR count). The van der Waals surface area contributed by atoms with Gasteiger partial charge in [-0.15, -0.1) is 0 Å². The van der Waals surface area contributed by atoms with Gasteiger partial charge in [-0.1, -0.05) is 47.5 Å². The predicted octanol–water partition coefficient (Wildman–Crippen LogP) is 1.14. The first kappa shape index (κ1) is 28.1. The number of halogens is 2. The van der Waals surface area contributed by atoms with Crippen molar-refractivity contribution in [2.24, 2.45) is 29.4 Å². The Morgan fingerprint density at radius 1 is 1.05 bits per heavy atom. The van der Waals surface area contributed by atoms with Crippen molar-refractivity contribution < 1.29 is 39.3 Å². The minimum Gasteiger partial charge on any atom is -0.507 e. The summed E-state index contributed by atoms with van der Waals surface area (Å²) in [5.74, 6) is -13.6. The topological polar surface area (TPSA) is 175 Å². The summed E-state index contributed by atoms with van der Waals surface area (Å²) in [6.45, 7) is 0. The van der Waals surface area contributed by atoms with Crippen molar-refractivity contribution in [2.75, 3.05) is 14.1 Å². The molecule has 0 saturated heterocycles. The maximum atomic E-state index is 14.1. The van der Waals surface area contributed by atoms with Crippen molar-refractivity contribution in [2.45, 2.75) is 17.7 Å². The van der Waals surface area contributed by atoms with Crippen LogP contribution in [0.1, 0.15) is 21.5 Å². The first-order valence-corrected chi connectivity index (χ1v) is 13.0. The van der Waals surface area contributed by atoms with Crippen molar-refractivity contribution in [1.82, 2.24) is 4.90 Å². The van der Waals surface area contributed by atoms with E-state index in [2.05, 4.69) is 0 Å². The number of phenols is 1. The summed E-state index contributed by atoms with van der Waals surface area (Å²) < 4.78 is 0. The standard InChI is InChI=1S/C28H24Cl2N2O8/c1-32(2)21-20-23(35)17-12(8-10-6-7-13(29)14(30)9-10)11-4-3-5-15(33)16(11)22(34)18(17)25(37)28(20,40)26(38)19(24(21)36)27(31)39/h3-9,17-21,23,33,35,40H,1-2H3,(H2,31,39)/b12-8+/t17-,18?,19?,20-,21+,23+,28+/m1/s1. The molecule has 2 saturated carbocycles. The van der Waals surface area contributed by atoms with E-state index in [4.69, 9.17) is 28.9 Å². The number of hydrogen-bond acceptors (Lipinski definition) is 9. The van der Waals surface area contributed by atoms with Gasteiger partial charge in [0.2, 0.25) is 5.91 Å². The number of nitrogens with two attached hydrogens (primary N) is 1. The molecule has 3 aliphatic rings. The van der Waals surface area contributed by atoms with Crippen molar-refractivity contribution >= 4 is 63.9 Å². The minimum atomic E-state index is -3.09. The number of amides is 1. The van der Waals surface area contributed by atoms with E-state index in [1.165, 1.54) is 49.3 Å². The third kappa shape index (κ3) is 3.78. The van der Waals surface area contributed by atoms with E-state index in [0.29, 0.717) is 5.56 Å². The molecule has 0 bridgehead atoms. The Labute approximate surface area is 238 Å². The van der Waals surface area contributed by atoms with Gasteiger partial charge in [-0.2, -0.15) is 0 Å². The summed E-state index contributed by atoms with van der Waals surface area (Å²) in [4.78, 5) is 68.2. The molecule has 2 fully saturated rings. The minimum absolute atomic E-state index is 0.207. The van der Waals surface area contributed by atoms with E-state index in [1.54, 1.807) is 12.1 Å². The maximum Gasteiger partial charge on any atom is 0.235 e. The Balaban J connectivity index is 1.80. The van der Waals surface area contributed by atoms with Crippen LogP contribution in [-0.4, -0.2) is 81.1 Å². The number of aliphatic hydroxyl groups excluding tert-OH is 1. The SMILES string of the molecule is CN(C)[C@@H]1C(=O)C(C(N)=O)C(=O)[C@@]2(O)C(=O)C3C(=O)c4c(O)cccc4/C(=C\c4ccc(Cl)c(Cl)c4)[C@H]3[C@H](O)[C@@H]12. The third-order valence-corrected chi connectivity index (χ3v) is 8.88. The summed E-state index contributed by atoms with van der Waals surface area (Å²) in [7, 11) is 2.85. The molecule has 7 atom stereocenters. The van der Waals surface area contributed by atoms with Gasteiger partial charge in [0, 0.05) is 5.92 Å². The van der Waals surface area contributed by atoms with Crippen LogP contribution >= 0.6 is 23.2 Å². The van der Waals surface area contributed by atoms with Crippen LogP contribution in [0.15, 0.2) is 36.4 Å². The summed E-state index contributed by atoms with van der Waals surface area (Å²) in [6.07, 6.45) is -0.260. The molecule has 40 heavy (non-hydrogen) atoms. The molecule has 0 spiro atoms. The number of nitrogens with zero attached hydrogens (tertiary/aromatic N) is 1. The van der Waals surface area contributed by atoms with Crippen molar-refractivity contribution in [3.05, 3.63) is 63.1 Å². The molecule has 3 aliphatic carbocycles. The number of hydrogen-bond donors (Lipinski definition) is 4. The molecule has 12 heteroatoms. The van der Waals surface area contributed by atoms with Crippen molar-refractivity contribution in [3.8, 4) is 5.75 Å². The zero-order valence-electron chi connectivity index (χ0n) is 21.2. The van der Waals surface area contributed by atoms with Crippen LogP contribution in [0.3, 0.4) is 0 Å². The fourth-order valence-electron chi connectivity index (χ4n) is 6.45.